The third kappa shape index (κ3) is 2.99. The van der Waals surface area contributed by atoms with Crippen LogP contribution in [0.4, 0.5) is 0 Å². The van der Waals surface area contributed by atoms with Crippen LogP contribution in [-0.2, 0) is 6.42 Å². The molecule has 0 radical (unpaired) electrons. The van der Waals surface area contributed by atoms with E-state index in [1.54, 1.807) is 24.3 Å². The Morgan fingerprint density at radius 2 is 1.94 bits per heavy atom. The van der Waals surface area contributed by atoms with E-state index in [1.165, 1.54) is 0 Å². The van der Waals surface area contributed by atoms with Crippen molar-refractivity contribution in [2.24, 2.45) is 0 Å². The number of hydrogen-bond acceptors (Lipinski definition) is 2. The minimum atomic E-state index is 0.0562. The topological polar surface area (TPSA) is 34.9 Å². The van der Waals surface area contributed by atoms with E-state index in [4.69, 9.17) is 11.6 Å². The molecule has 1 aromatic heterocycles. The van der Waals surface area contributed by atoms with Gasteiger partial charge in [-0.15, -0.1) is 0 Å². The second-order valence-electron chi connectivity index (χ2n) is 4.49. The average molecular weight is 263 g/mol. The number of halogens is 1. The van der Waals surface area contributed by atoms with Gasteiger partial charge in [-0.3, -0.25) is 9.48 Å². The van der Waals surface area contributed by atoms with Crippen molar-refractivity contribution < 1.29 is 4.79 Å². The fourth-order valence-corrected chi connectivity index (χ4v) is 1.79. The molecule has 0 unspecified atom stereocenters. The Bertz CT molecular complexity index is 543. The molecule has 0 aliphatic carbocycles. The van der Waals surface area contributed by atoms with E-state index in [9.17, 15) is 4.79 Å². The van der Waals surface area contributed by atoms with Crippen molar-refractivity contribution in [3.05, 3.63) is 52.8 Å². The number of Topliss-reactive ketones (excluding diaryl/α,β-unsaturated/α-hetero) is 1. The summed E-state index contributed by atoms with van der Waals surface area (Å²) in [6.45, 7) is 4.11. The van der Waals surface area contributed by atoms with Crippen LogP contribution in [0.3, 0.4) is 0 Å². The van der Waals surface area contributed by atoms with Crippen LogP contribution in [0.2, 0.25) is 5.02 Å². The van der Waals surface area contributed by atoms with Crippen molar-refractivity contribution in [2.75, 3.05) is 0 Å². The van der Waals surface area contributed by atoms with Crippen LogP contribution in [0.15, 0.2) is 36.5 Å². The van der Waals surface area contributed by atoms with Gasteiger partial charge in [0.1, 0.15) is 0 Å². The molecule has 1 heterocycles. The zero-order chi connectivity index (χ0) is 13.1. The maximum Gasteiger partial charge on any atom is 0.168 e. The average Bonchev–Trinajstić information content (AvgIpc) is 2.78. The van der Waals surface area contributed by atoms with Crippen LogP contribution in [-0.4, -0.2) is 15.6 Å². The normalized spacial score (nSPS) is 10.9. The standard InChI is InChI=1S/C14H15ClN2O/c1-10(2)17-8-7-13(16-17)9-14(18)11-3-5-12(15)6-4-11/h3-8,10H,9H2,1-2H3. The maximum atomic E-state index is 12.0. The first kappa shape index (κ1) is 12.8. The number of benzene rings is 1. The van der Waals surface area contributed by atoms with E-state index in [2.05, 4.69) is 18.9 Å². The van der Waals surface area contributed by atoms with Crippen molar-refractivity contribution in [1.82, 2.24) is 9.78 Å². The summed E-state index contributed by atoms with van der Waals surface area (Å²) in [5.41, 5.74) is 1.46. The van der Waals surface area contributed by atoms with Gasteiger partial charge in [0.25, 0.3) is 0 Å². The van der Waals surface area contributed by atoms with E-state index in [-0.39, 0.29) is 5.78 Å². The number of nitrogens with zero attached hydrogens (tertiary/aromatic N) is 2. The number of hydrogen-bond donors (Lipinski definition) is 0. The SMILES string of the molecule is CC(C)n1ccc(CC(=O)c2ccc(Cl)cc2)n1. The number of carbonyl (C=O) groups is 1. The van der Waals surface area contributed by atoms with Gasteiger partial charge in [-0.05, 0) is 44.2 Å². The van der Waals surface area contributed by atoms with Crippen LogP contribution in [0.25, 0.3) is 0 Å². The minimum Gasteiger partial charge on any atom is -0.294 e. The molecule has 3 nitrogen and oxygen atoms in total. The van der Waals surface area contributed by atoms with Gasteiger partial charge in [0.05, 0.1) is 12.1 Å². The van der Waals surface area contributed by atoms with Crippen LogP contribution < -0.4 is 0 Å². The molecule has 18 heavy (non-hydrogen) atoms. The summed E-state index contributed by atoms with van der Waals surface area (Å²) in [6, 6.07) is 9.12. The fourth-order valence-electron chi connectivity index (χ4n) is 1.66. The number of carbonyl (C=O) groups excluding carboxylic acids is 1. The molecule has 1 aromatic carbocycles. The van der Waals surface area contributed by atoms with Crippen molar-refractivity contribution in [3.8, 4) is 0 Å². The monoisotopic (exact) mass is 262 g/mol. The van der Waals surface area contributed by atoms with Crippen LogP contribution in [0, 0.1) is 0 Å². The second-order valence-corrected chi connectivity index (χ2v) is 4.92. The molecule has 94 valence electrons. The van der Waals surface area contributed by atoms with E-state index >= 15 is 0 Å². The first-order chi connectivity index (χ1) is 8.56. The zero-order valence-corrected chi connectivity index (χ0v) is 11.2. The number of rotatable bonds is 4. The molecule has 0 aliphatic rings. The van der Waals surface area contributed by atoms with Gasteiger partial charge in [0, 0.05) is 22.8 Å². The largest absolute Gasteiger partial charge is 0.294 e. The highest BCUT2D eigenvalue weighted by Crippen LogP contribution is 2.12. The first-order valence-electron chi connectivity index (χ1n) is 5.89. The minimum absolute atomic E-state index is 0.0562. The van der Waals surface area contributed by atoms with E-state index < -0.39 is 0 Å². The molecule has 0 aliphatic heterocycles. The Kier molecular flexibility index (Phi) is 3.82. The van der Waals surface area contributed by atoms with E-state index in [0.717, 1.165) is 5.69 Å². The van der Waals surface area contributed by atoms with Gasteiger partial charge in [-0.2, -0.15) is 5.10 Å². The molecule has 0 bridgehead atoms. The molecule has 4 heteroatoms. The Morgan fingerprint density at radius 1 is 1.28 bits per heavy atom. The lowest BCUT2D eigenvalue weighted by atomic mass is 10.1. The van der Waals surface area contributed by atoms with Gasteiger partial charge >= 0.3 is 0 Å². The molecule has 2 rings (SSSR count). The molecular weight excluding hydrogens is 248 g/mol. The molecular formula is C14H15ClN2O. The molecule has 0 atom stereocenters. The van der Waals surface area contributed by atoms with Gasteiger partial charge in [0.2, 0.25) is 0 Å². The summed E-state index contributed by atoms with van der Waals surface area (Å²) in [7, 11) is 0. The summed E-state index contributed by atoms with van der Waals surface area (Å²) in [4.78, 5) is 12.0. The Hall–Kier alpha value is -1.61. The summed E-state index contributed by atoms with van der Waals surface area (Å²) >= 11 is 5.79. The summed E-state index contributed by atoms with van der Waals surface area (Å²) < 4.78 is 1.85. The first-order valence-corrected chi connectivity index (χ1v) is 6.27. The third-order valence-electron chi connectivity index (χ3n) is 2.70. The number of aromatic nitrogens is 2. The van der Waals surface area contributed by atoms with Crippen LogP contribution >= 0.6 is 11.6 Å². The van der Waals surface area contributed by atoms with Gasteiger partial charge < -0.3 is 0 Å². The summed E-state index contributed by atoms with van der Waals surface area (Å²) in [5, 5.41) is 5.00. The Labute approximate surface area is 111 Å². The predicted molar refractivity (Wildman–Crippen MR) is 72.1 cm³/mol. The van der Waals surface area contributed by atoms with Gasteiger partial charge in [0.15, 0.2) is 5.78 Å². The quantitative estimate of drug-likeness (QED) is 0.790. The van der Waals surface area contributed by atoms with E-state index in [0.29, 0.717) is 23.0 Å². The molecule has 0 saturated carbocycles. The predicted octanol–water partition coefficient (Wildman–Crippen LogP) is 3.54. The molecule has 0 amide bonds. The maximum absolute atomic E-state index is 12.0. The Balaban J connectivity index is 2.08. The van der Waals surface area contributed by atoms with Crippen molar-refractivity contribution in [3.63, 3.8) is 0 Å². The van der Waals surface area contributed by atoms with Crippen molar-refractivity contribution in [1.29, 1.82) is 0 Å². The lowest BCUT2D eigenvalue weighted by Crippen LogP contribution is -2.06. The van der Waals surface area contributed by atoms with Gasteiger partial charge in [-0.1, -0.05) is 11.6 Å². The van der Waals surface area contributed by atoms with Crippen molar-refractivity contribution in [2.45, 2.75) is 26.3 Å². The number of ketones is 1. The van der Waals surface area contributed by atoms with E-state index in [1.807, 2.05) is 16.9 Å². The van der Waals surface area contributed by atoms with Crippen LogP contribution in [0.5, 0.6) is 0 Å². The zero-order valence-electron chi connectivity index (χ0n) is 10.4. The lowest BCUT2D eigenvalue weighted by Gasteiger charge is -2.03. The molecule has 0 N–H and O–H groups in total. The fraction of sp³-hybridized carbons (Fsp3) is 0.286. The molecule has 0 fully saturated rings. The van der Waals surface area contributed by atoms with Gasteiger partial charge in [-0.25, -0.2) is 0 Å². The van der Waals surface area contributed by atoms with Crippen LogP contribution in [0.1, 0.15) is 35.9 Å². The highest BCUT2D eigenvalue weighted by atomic mass is 35.5. The molecule has 0 spiro atoms. The Morgan fingerprint density at radius 3 is 2.50 bits per heavy atom. The smallest absolute Gasteiger partial charge is 0.168 e. The third-order valence-corrected chi connectivity index (χ3v) is 2.95. The second kappa shape index (κ2) is 5.36. The highest BCUT2D eigenvalue weighted by Gasteiger charge is 2.10. The molecule has 0 saturated heterocycles. The summed E-state index contributed by atoms with van der Waals surface area (Å²) in [5.74, 6) is 0.0562. The lowest BCUT2D eigenvalue weighted by molar-refractivity contribution is 0.0991. The highest BCUT2D eigenvalue weighted by molar-refractivity contribution is 6.30. The molecule has 2 aromatic rings. The van der Waals surface area contributed by atoms with Crippen molar-refractivity contribution >= 4 is 17.4 Å². The summed E-state index contributed by atoms with van der Waals surface area (Å²) in [6.07, 6.45) is 2.22.